The summed E-state index contributed by atoms with van der Waals surface area (Å²) < 4.78 is 113. The van der Waals surface area contributed by atoms with E-state index in [-0.39, 0.29) is 0 Å². The van der Waals surface area contributed by atoms with Crippen LogP contribution in [0, 0.1) is 0 Å². The van der Waals surface area contributed by atoms with Crippen molar-refractivity contribution in [3.8, 4) is 0 Å². The molecule has 2 aliphatic rings. The van der Waals surface area contributed by atoms with Crippen LogP contribution in [0.3, 0.4) is 0 Å². The van der Waals surface area contributed by atoms with Crippen molar-refractivity contribution in [1.29, 1.82) is 0 Å². The van der Waals surface area contributed by atoms with Gasteiger partial charge in [0.2, 0.25) is 5.91 Å². The molecule has 0 radical (unpaired) electrons. The van der Waals surface area contributed by atoms with Gasteiger partial charge in [0.1, 0.15) is 12.7 Å². The van der Waals surface area contributed by atoms with Crippen LogP contribution in [0.25, 0.3) is 0 Å². The minimum Gasteiger partial charge on any atom is -0.463 e. The molecule has 2 heterocycles. The largest absolute Gasteiger partial charge is 0.465 e. The molecule has 0 aromatic rings. The summed E-state index contributed by atoms with van der Waals surface area (Å²) in [6.45, 7) is 3.41. The first-order chi connectivity index (χ1) is 19.0. The molecule has 2 saturated heterocycles. The van der Waals surface area contributed by atoms with Crippen LogP contribution < -0.4 is 5.32 Å². The molecule has 6 atom stereocenters. The van der Waals surface area contributed by atoms with E-state index in [1.165, 1.54) is 0 Å². The molecule has 238 valence electrons. The van der Waals surface area contributed by atoms with Crippen LogP contribution in [-0.4, -0.2) is 96.7 Å². The van der Waals surface area contributed by atoms with E-state index in [1.807, 2.05) is 5.32 Å². The number of rotatable bonds is 8. The SMILES string of the molecule is CC(=O)OC[C@H]1O[C@@H](NC(=O)C[C@]2(C)OC(C(F)(F)F)(C(F)(F)F)OC2=O)[C@H](OC(C)=O)[C@@H](OC(C)=O)[C@@H]1OC(C)=O. The number of amides is 1. The van der Waals surface area contributed by atoms with Crippen molar-refractivity contribution < 1.29 is 88.3 Å². The maximum absolute atomic E-state index is 13.4. The van der Waals surface area contributed by atoms with Crippen molar-refractivity contribution in [2.75, 3.05) is 6.61 Å². The van der Waals surface area contributed by atoms with Gasteiger partial charge in [0, 0.05) is 27.7 Å². The third-order valence-electron chi connectivity index (χ3n) is 5.58. The Kier molecular flexibility index (Phi) is 10.1. The number of hydrogen-bond donors (Lipinski definition) is 1. The van der Waals surface area contributed by atoms with Gasteiger partial charge in [0.15, 0.2) is 30.1 Å². The molecule has 0 aliphatic carbocycles. The molecule has 0 saturated carbocycles. The summed E-state index contributed by atoms with van der Waals surface area (Å²) >= 11 is 0. The maximum atomic E-state index is 13.4. The second-order valence-corrected chi connectivity index (χ2v) is 9.20. The summed E-state index contributed by atoms with van der Waals surface area (Å²) in [5.74, 6) is -13.0. The highest BCUT2D eigenvalue weighted by Crippen LogP contribution is 2.53. The molecule has 0 aromatic carbocycles. The highest BCUT2D eigenvalue weighted by molar-refractivity contribution is 5.89. The van der Waals surface area contributed by atoms with Crippen LogP contribution in [0.4, 0.5) is 26.3 Å². The van der Waals surface area contributed by atoms with Gasteiger partial charge in [0.05, 0.1) is 6.42 Å². The first-order valence-electron chi connectivity index (χ1n) is 11.7. The Bertz CT molecular complexity index is 1100. The van der Waals surface area contributed by atoms with E-state index in [0.717, 1.165) is 27.7 Å². The molecule has 2 aliphatic heterocycles. The quantitative estimate of drug-likeness (QED) is 0.227. The standard InChI is InChI=1S/C22H25F6NO13/c1-8(30)36-7-12-14(37-9(2)31)15(38-10(3)32)16(39-11(4)33)17(40-12)29-13(34)6-19(5)18(35)41-20(42-19,21(23,24)25)22(26,27)28/h12,14-17H,6-7H2,1-5H3,(H,29,34)/t12-,14-,15+,16-,17-,19+/m1/s1. The zero-order valence-electron chi connectivity index (χ0n) is 22.4. The van der Waals surface area contributed by atoms with Crippen LogP contribution in [0.2, 0.25) is 0 Å². The monoisotopic (exact) mass is 625 g/mol. The minimum atomic E-state index is -6.30. The van der Waals surface area contributed by atoms with Crippen molar-refractivity contribution in [3.63, 3.8) is 0 Å². The first-order valence-corrected chi connectivity index (χ1v) is 11.7. The number of cyclic esters (lactones) is 1. The van der Waals surface area contributed by atoms with E-state index in [9.17, 15) is 55.1 Å². The summed E-state index contributed by atoms with van der Waals surface area (Å²) in [5, 5.41) is 1.99. The normalized spacial score (nSPS) is 29.1. The molecule has 20 heteroatoms. The van der Waals surface area contributed by atoms with Gasteiger partial charge in [-0.05, 0) is 6.92 Å². The Labute approximate surface area is 232 Å². The highest BCUT2D eigenvalue weighted by Gasteiger charge is 2.82. The number of ether oxygens (including phenoxy) is 7. The van der Waals surface area contributed by atoms with Gasteiger partial charge >= 0.3 is 48.0 Å². The zero-order chi connectivity index (χ0) is 32.4. The predicted octanol–water partition coefficient (Wildman–Crippen LogP) is 0.729. The molecular weight excluding hydrogens is 600 g/mol. The second kappa shape index (κ2) is 12.3. The van der Waals surface area contributed by atoms with Gasteiger partial charge in [-0.3, -0.25) is 24.0 Å². The third-order valence-corrected chi connectivity index (χ3v) is 5.58. The van der Waals surface area contributed by atoms with E-state index in [1.54, 1.807) is 0 Å². The average Bonchev–Trinajstić information content (AvgIpc) is 3.07. The Morgan fingerprint density at radius 2 is 1.29 bits per heavy atom. The van der Waals surface area contributed by atoms with E-state index in [0.29, 0.717) is 6.92 Å². The van der Waals surface area contributed by atoms with Crippen molar-refractivity contribution in [1.82, 2.24) is 5.32 Å². The van der Waals surface area contributed by atoms with E-state index in [2.05, 4.69) is 9.47 Å². The Morgan fingerprint density at radius 3 is 1.71 bits per heavy atom. The summed E-state index contributed by atoms with van der Waals surface area (Å²) in [6, 6.07) is 0. The molecule has 0 aromatic heterocycles. The molecule has 0 spiro atoms. The van der Waals surface area contributed by atoms with Gasteiger partial charge in [-0.25, -0.2) is 4.79 Å². The molecule has 2 rings (SSSR count). The summed E-state index contributed by atoms with van der Waals surface area (Å²) in [6.07, 6.45) is -22.9. The second-order valence-electron chi connectivity index (χ2n) is 9.20. The van der Waals surface area contributed by atoms with Crippen molar-refractivity contribution in [2.45, 2.75) is 95.4 Å². The van der Waals surface area contributed by atoms with Crippen molar-refractivity contribution >= 4 is 35.8 Å². The minimum absolute atomic E-state index is 0.432. The lowest BCUT2D eigenvalue weighted by molar-refractivity contribution is -0.444. The Hall–Kier alpha value is -3.68. The van der Waals surface area contributed by atoms with Crippen LogP contribution in [-0.2, 0) is 61.9 Å². The summed E-state index contributed by atoms with van der Waals surface area (Å²) in [7, 11) is 0. The topological polar surface area (TPSA) is 179 Å². The van der Waals surface area contributed by atoms with E-state index < -0.39 is 103 Å². The molecule has 2 fully saturated rings. The smallest absolute Gasteiger partial charge is 0.463 e. The fourth-order valence-electron chi connectivity index (χ4n) is 3.98. The van der Waals surface area contributed by atoms with E-state index >= 15 is 0 Å². The van der Waals surface area contributed by atoms with Crippen molar-refractivity contribution in [2.24, 2.45) is 0 Å². The lowest BCUT2D eigenvalue weighted by Gasteiger charge is -2.44. The van der Waals surface area contributed by atoms with Crippen LogP contribution in [0.15, 0.2) is 0 Å². The molecule has 1 amide bonds. The number of alkyl halides is 6. The average molecular weight is 625 g/mol. The van der Waals surface area contributed by atoms with Crippen LogP contribution >= 0.6 is 0 Å². The molecule has 0 bridgehead atoms. The van der Waals surface area contributed by atoms with Crippen LogP contribution in [0.5, 0.6) is 0 Å². The third kappa shape index (κ3) is 7.58. The van der Waals surface area contributed by atoms with E-state index in [4.69, 9.17) is 23.7 Å². The number of hydrogen-bond acceptors (Lipinski definition) is 13. The number of carbonyl (C=O) groups excluding carboxylic acids is 6. The zero-order valence-corrected chi connectivity index (χ0v) is 22.4. The number of esters is 5. The predicted molar refractivity (Wildman–Crippen MR) is 115 cm³/mol. The lowest BCUT2D eigenvalue weighted by Crippen LogP contribution is -2.66. The van der Waals surface area contributed by atoms with Gasteiger partial charge < -0.3 is 38.5 Å². The fraction of sp³-hybridized carbons (Fsp3) is 0.727. The van der Waals surface area contributed by atoms with Gasteiger partial charge in [-0.2, -0.15) is 26.3 Å². The maximum Gasteiger partial charge on any atom is 0.465 e. The number of nitrogens with one attached hydrogen (secondary N) is 1. The van der Waals surface area contributed by atoms with Gasteiger partial charge in [0.25, 0.3) is 0 Å². The molecular formula is C22H25F6NO13. The highest BCUT2D eigenvalue weighted by atomic mass is 19.4. The number of carbonyl (C=O) groups is 6. The fourth-order valence-corrected chi connectivity index (χ4v) is 3.98. The van der Waals surface area contributed by atoms with Gasteiger partial charge in [-0.15, -0.1) is 0 Å². The molecule has 1 N–H and O–H groups in total. The van der Waals surface area contributed by atoms with Crippen molar-refractivity contribution in [3.05, 3.63) is 0 Å². The molecule has 14 nitrogen and oxygen atoms in total. The molecule has 42 heavy (non-hydrogen) atoms. The summed E-state index contributed by atoms with van der Waals surface area (Å²) in [4.78, 5) is 71.8. The molecule has 0 unspecified atom stereocenters. The lowest BCUT2D eigenvalue weighted by atomic mass is 9.96. The first kappa shape index (κ1) is 34.5. The van der Waals surface area contributed by atoms with Gasteiger partial charge in [-0.1, -0.05) is 0 Å². The number of halogens is 6. The Balaban J connectivity index is 2.44. The Morgan fingerprint density at radius 1 is 0.810 bits per heavy atom. The van der Waals surface area contributed by atoms with Crippen LogP contribution in [0.1, 0.15) is 41.0 Å². The summed E-state index contributed by atoms with van der Waals surface area (Å²) in [5.41, 5.74) is -3.15.